The highest BCUT2D eigenvalue weighted by Crippen LogP contribution is 2.34. The predicted molar refractivity (Wildman–Crippen MR) is 113 cm³/mol. The number of phenolic OH excluding ortho intramolecular Hbond substituents is 1. The van der Waals surface area contributed by atoms with Gasteiger partial charge in [0.15, 0.2) is 0 Å². The zero-order chi connectivity index (χ0) is 19.4. The molecule has 0 radical (unpaired) electrons. The number of rotatable bonds is 5. The van der Waals surface area contributed by atoms with Gasteiger partial charge >= 0.3 is 0 Å². The van der Waals surface area contributed by atoms with Crippen LogP contribution in [-0.2, 0) is 9.59 Å². The smallest absolute Gasteiger partial charge is 0.266 e. The number of halogens is 1. The first-order valence-corrected chi connectivity index (χ1v) is 9.63. The molecule has 0 aromatic heterocycles. The number of hydrogen-bond acceptors (Lipinski definition) is 5. The lowest BCUT2D eigenvalue weighted by Gasteiger charge is -2.14. The maximum atomic E-state index is 12.6. The summed E-state index contributed by atoms with van der Waals surface area (Å²) in [6.45, 7) is 0.183. The number of para-hydroxylation sites is 1. The third-order valence-corrected chi connectivity index (χ3v) is 5.38. The van der Waals surface area contributed by atoms with Crippen molar-refractivity contribution >= 4 is 63.5 Å². The van der Waals surface area contributed by atoms with Crippen molar-refractivity contribution in [1.82, 2.24) is 4.90 Å². The van der Waals surface area contributed by atoms with E-state index in [1.54, 1.807) is 30.3 Å². The molecule has 2 aromatic carbocycles. The number of nitrogens with one attached hydrogen (secondary N) is 1. The Bertz CT molecular complexity index is 932. The minimum Gasteiger partial charge on any atom is -0.507 e. The van der Waals surface area contributed by atoms with Gasteiger partial charge in [0.2, 0.25) is 5.91 Å². The zero-order valence-corrected chi connectivity index (χ0v) is 16.4. The van der Waals surface area contributed by atoms with E-state index in [-0.39, 0.29) is 30.5 Å². The monoisotopic (exact) mass is 418 g/mol. The number of thioether (sulfide) groups is 1. The lowest BCUT2D eigenvalue weighted by molar-refractivity contribution is -0.122. The van der Waals surface area contributed by atoms with Crippen molar-refractivity contribution < 1.29 is 14.7 Å². The van der Waals surface area contributed by atoms with Crippen molar-refractivity contribution in [3.8, 4) is 5.75 Å². The van der Waals surface area contributed by atoms with E-state index in [0.29, 0.717) is 25.5 Å². The van der Waals surface area contributed by atoms with E-state index in [0.717, 1.165) is 11.8 Å². The number of nitrogens with zero attached hydrogens (tertiary/aromatic N) is 1. The molecule has 2 amide bonds. The maximum Gasteiger partial charge on any atom is 0.266 e. The lowest BCUT2D eigenvalue weighted by Crippen LogP contribution is -2.31. The molecule has 0 bridgehead atoms. The number of aromatic hydroxyl groups is 1. The summed E-state index contributed by atoms with van der Waals surface area (Å²) in [7, 11) is 0. The first kappa shape index (κ1) is 19.4. The molecule has 8 heteroatoms. The molecular formula is C19H15ClN2O3S2. The Balaban J connectivity index is 1.65. The Morgan fingerprint density at radius 2 is 2.00 bits per heavy atom. The second-order valence-corrected chi connectivity index (χ2v) is 7.81. The molecule has 138 valence electrons. The molecule has 1 aliphatic heterocycles. The number of thiocarbonyl (C=S) groups is 1. The molecule has 0 atom stereocenters. The Kier molecular flexibility index (Phi) is 6.15. The molecule has 27 heavy (non-hydrogen) atoms. The summed E-state index contributed by atoms with van der Waals surface area (Å²) < 4.78 is 0.375. The highest BCUT2D eigenvalue weighted by Gasteiger charge is 2.32. The van der Waals surface area contributed by atoms with E-state index in [9.17, 15) is 14.7 Å². The molecule has 0 spiro atoms. The van der Waals surface area contributed by atoms with Gasteiger partial charge in [-0.1, -0.05) is 53.8 Å². The minimum absolute atomic E-state index is 0.0203. The lowest BCUT2D eigenvalue weighted by atomic mass is 10.2. The number of carbonyl (C=O) groups excluding carboxylic acids is 2. The molecule has 2 aromatic rings. The molecular weight excluding hydrogens is 404 g/mol. The van der Waals surface area contributed by atoms with Crippen LogP contribution in [0.1, 0.15) is 12.0 Å². The van der Waals surface area contributed by atoms with Gasteiger partial charge in [-0.15, -0.1) is 0 Å². The number of anilines is 1. The fourth-order valence-corrected chi connectivity index (χ4v) is 3.91. The van der Waals surface area contributed by atoms with Crippen molar-refractivity contribution in [3.63, 3.8) is 0 Å². The minimum atomic E-state index is -0.295. The fourth-order valence-electron chi connectivity index (χ4n) is 2.43. The van der Waals surface area contributed by atoms with Crippen LogP contribution in [0.3, 0.4) is 0 Å². The summed E-state index contributed by atoms with van der Waals surface area (Å²) in [6.07, 6.45) is 1.67. The first-order valence-electron chi connectivity index (χ1n) is 8.03. The van der Waals surface area contributed by atoms with E-state index >= 15 is 0 Å². The topological polar surface area (TPSA) is 69.6 Å². The standard InChI is InChI=1S/C19H15ClN2O3S2/c20-13-6-7-15(23)12(10-13)11-16-18(25)22(19(26)27-16)9-8-17(24)21-14-4-2-1-3-5-14/h1-7,10-11,23H,8-9H2,(H,21,24)/b16-11-. The number of phenols is 1. The van der Waals surface area contributed by atoms with Gasteiger partial charge in [-0.3, -0.25) is 14.5 Å². The molecule has 2 N–H and O–H groups in total. The van der Waals surface area contributed by atoms with Gasteiger partial charge in [0, 0.05) is 29.2 Å². The van der Waals surface area contributed by atoms with Gasteiger partial charge in [-0.2, -0.15) is 0 Å². The predicted octanol–water partition coefficient (Wildman–Crippen LogP) is 4.28. The summed E-state index contributed by atoms with van der Waals surface area (Å²) in [5.41, 5.74) is 1.13. The van der Waals surface area contributed by atoms with Crippen LogP contribution in [0.15, 0.2) is 53.4 Å². The number of hydrogen-bond donors (Lipinski definition) is 2. The van der Waals surface area contributed by atoms with Crippen molar-refractivity contribution in [2.75, 3.05) is 11.9 Å². The van der Waals surface area contributed by atoms with Gasteiger partial charge in [-0.25, -0.2) is 0 Å². The van der Waals surface area contributed by atoms with E-state index in [1.807, 2.05) is 18.2 Å². The highest BCUT2D eigenvalue weighted by atomic mass is 35.5. The van der Waals surface area contributed by atoms with Gasteiger partial charge < -0.3 is 10.4 Å². The summed E-state index contributed by atoms with van der Waals surface area (Å²) in [6, 6.07) is 13.7. The van der Waals surface area contributed by atoms with Crippen LogP contribution in [0.4, 0.5) is 5.69 Å². The van der Waals surface area contributed by atoms with Crippen LogP contribution in [0.2, 0.25) is 5.02 Å². The third-order valence-electron chi connectivity index (χ3n) is 3.77. The molecule has 3 rings (SSSR count). The fraction of sp³-hybridized carbons (Fsp3) is 0.105. The normalized spacial score (nSPS) is 15.4. The number of carbonyl (C=O) groups is 2. The Morgan fingerprint density at radius 1 is 1.26 bits per heavy atom. The summed E-state index contributed by atoms with van der Waals surface area (Å²) in [4.78, 5) is 26.4. The molecule has 1 aliphatic rings. The van der Waals surface area contributed by atoms with Crippen molar-refractivity contribution in [2.24, 2.45) is 0 Å². The molecule has 1 saturated heterocycles. The van der Waals surface area contributed by atoms with Crippen LogP contribution in [0, 0.1) is 0 Å². The van der Waals surface area contributed by atoms with Crippen molar-refractivity contribution in [1.29, 1.82) is 0 Å². The summed E-state index contributed by atoms with van der Waals surface area (Å²) >= 11 is 12.3. The van der Waals surface area contributed by atoms with Gasteiger partial charge in [0.25, 0.3) is 5.91 Å². The Morgan fingerprint density at radius 3 is 2.74 bits per heavy atom. The molecule has 0 aliphatic carbocycles. The molecule has 5 nitrogen and oxygen atoms in total. The van der Waals surface area contributed by atoms with Crippen LogP contribution < -0.4 is 5.32 Å². The van der Waals surface area contributed by atoms with Crippen LogP contribution in [-0.4, -0.2) is 32.7 Å². The van der Waals surface area contributed by atoms with E-state index in [2.05, 4.69) is 5.32 Å². The Hall–Kier alpha value is -2.35. The second kappa shape index (κ2) is 8.56. The average Bonchev–Trinajstić information content (AvgIpc) is 2.90. The molecule has 0 unspecified atom stereocenters. The Labute approximate surface area is 171 Å². The van der Waals surface area contributed by atoms with E-state index in [1.165, 1.54) is 11.0 Å². The third kappa shape index (κ3) is 4.88. The van der Waals surface area contributed by atoms with Crippen LogP contribution >= 0.6 is 35.6 Å². The number of amides is 2. The van der Waals surface area contributed by atoms with Gasteiger partial charge in [0.1, 0.15) is 10.1 Å². The molecule has 0 saturated carbocycles. The quantitative estimate of drug-likeness (QED) is 0.560. The van der Waals surface area contributed by atoms with Crippen LogP contribution in [0.25, 0.3) is 6.08 Å². The number of benzene rings is 2. The van der Waals surface area contributed by atoms with Crippen LogP contribution in [0.5, 0.6) is 5.75 Å². The van der Waals surface area contributed by atoms with Gasteiger partial charge in [-0.05, 0) is 36.4 Å². The summed E-state index contributed by atoms with van der Waals surface area (Å²) in [5, 5.41) is 13.1. The van der Waals surface area contributed by atoms with Crippen molar-refractivity contribution in [3.05, 3.63) is 64.0 Å². The van der Waals surface area contributed by atoms with Gasteiger partial charge in [0.05, 0.1) is 4.91 Å². The largest absolute Gasteiger partial charge is 0.507 e. The maximum absolute atomic E-state index is 12.6. The summed E-state index contributed by atoms with van der Waals surface area (Å²) in [5.74, 6) is -0.476. The zero-order valence-electron chi connectivity index (χ0n) is 14.0. The SMILES string of the molecule is O=C(CCN1C(=O)/C(=C/c2cc(Cl)ccc2O)SC1=S)Nc1ccccc1. The average molecular weight is 419 g/mol. The first-order chi connectivity index (χ1) is 12.9. The second-order valence-electron chi connectivity index (χ2n) is 5.70. The van der Waals surface area contributed by atoms with E-state index < -0.39 is 0 Å². The van der Waals surface area contributed by atoms with Crippen molar-refractivity contribution in [2.45, 2.75) is 6.42 Å². The molecule has 1 fully saturated rings. The molecule has 1 heterocycles. The van der Waals surface area contributed by atoms with E-state index in [4.69, 9.17) is 23.8 Å². The highest BCUT2D eigenvalue weighted by molar-refractivity contribution is 8.26.